The number of hydrogen-bond acceptors (Lipinski definition) is 1. The zero-order chi connectivity index (χ0) is 8.43. The maximum Gasteiger partial charge on any atom is 0.281 e. The van der Waals surface area contributed by atoms with E-state index in [9.17, 15) is 0 Å². The summed E-state index contributed by atoms with van der Waals surface area (Å²) in [4.78, 5) is 0. The lowest BCUT2D eigenvalue weighted by Gasteiger charge is -1.93. The summed E-state index contributed by atoms with van der Waals surface area (Å²) in [5.41, 5.74) is 0. The molecule has 0 aliphatic rings. The highest BCUT2D eigenvalue weighted by atomic mass is 35.5. The SMILES string of the molecule is S=[P+](S)c1cccc(Cl)c1Cl. The van der Waals surface area contributed by atoms with Crippen LogP contribution in [0.2, 0.25) is 10.0 Å². The van der Waals surface area contributed by atoms with Crippen molar-refractivity contribution in [3.05, 3.63) is 28.2 Å². The van der Waals surface area contributed by atoms with Crippen LogP contribution in [-0.4, -0.2) is 0 Å². The Morgan fingerprint density at radius 1 is 1.36 bits per heavy atom. The molecule has 1 atom stereocenters. The Kier molecular flexibility index (Phi) is 3.60. The maximum absolute atomic E-state index is 5.86. The standard InChI is InChI=1S/C6H3Cl2PS2/c7-4-2-1-3-5(6(4)8)9(10)11/h1-3H/p+1. The first kappa shape index (κ1) is 9.76. The molecule has 5 heteroatoms. The average molecular weight is 242 g/mol. The van der Waals surface area contributed by atoms with E-state index in [0.717, 1.165) is 5.30 Å². The lowest BCUT2D eigenvalue weighted by molar-refractivity contribution is 1.77. The van der Waals surface area contributed by atoms with Crippen LogP contribution in [0.5, 0.6) is 0 Å². The van der Waals surface area contributed by atoms with Gasteiger partial charge >= 0.3 is 0 Å². The van der Waals surface area contributed by atoms with Gasteiger partial charge in [0.15, 0.2) is 17.1 Å². The second kappa shape index (κ2) is 4.06. The summed E-state index contributed by atoms with van der Waals surface area (Å²) in [6.07, 6.45) is 0. The fraction of sp³-hybridized carbons (Fsp3) is 0. The van der Waals surface area contributed by atoms with Gasteiger partial charge in [-0.3, -0.25) is 0 Å². The maximum atomic E-state index is 5.86. The van der Waals surface area contributed by atoms with E-state index in [4.69, 9.17) is 35.0 Å². The number of thiol groups is 1. The molecule has 1 rings (SSSR count). The van der Waals surface area contributed by atoms with Gasteiger partial charge in [-0.15, -0.1) is 0 Å². The number of rotatable bonds is 1. The average Bonchev–Trinajstić information content (AvgIpc) is 1.94. The summed E-state index contributed by atoms with van der Waals surface area (Å²) in [7, 11) is 0. The van der Waals surface area contributed by atoms with Crippen molar-refractivity contribution in [1.29, 1.82) is 0 Å². The molecule has 1 aromatic rings. The molecule has 0 aromatic heterocycles. The van der Waals surface area contributed by atoms with Crippen molar-refractivity contribution in [1.82, 2.24) is 0 Å². The number of hydrogen-bond donors (Lipinski definition) is 1. The zero-order valence-corrected chi connectivity index (χ0v) is 9.41. The monoisotopic (exact) mass is 241 g/mol. The fourth-order valence-electron chi connectivity index (χ4n) is 0.640. The molecule has 0 bridgehead atoms. The summed E-state index contributed by atoms with van der Waals surface area (Å²) in [5.74, 6) is -0.871. The Morgan fingerprint density at radius 3 is 2.45 bits per heavy atom. The van der Waals surface area contributed by atoms with E-state index in [2.05, 4.69) is 12.2 Å². The van der Waals surface area contributed by atoms with Crippen LogP contribution in [-0.2, 0) is 11.8 Å². The summed E-state index contributed by atoms with van der Waals surface area (Å²) in [6, 6.07) is 5.40. The molecule has 0 heterocycles. The highest BCUT2D eigenvalue weighted by Gasteiger charge is 2.15. The van der Waals surface area contributed by atoms with Gasteiger partial charge in [-0.1, -0.05) is 29.3 Å². The van der Waals surface area contributed by atoms with Crippen LogP contribution in [0.15, 0.2) is 18.2 Å². The third-order valence-corrected chi connectivity index (χ3v) is 4.11. The lowest BCUT2D eigenvalue weighted by Crippen LogP contribution is -1.94. The highest BCUT2D eigenvalue weighted by Crippen LogP contribution is 2.32. The Morgan fingerprint density at radius 2 is 2.00 bits per heavy atom. The van der Waals surface area contributed by atoms with Gasteiger partial charge in [-0.2, -0.15) is 0 Å². The summed E-state index contributed by atoms with van der Waals surface area (Å²) in [6.45, 7) is 0. The van der Waals surface area contributed by atoms with Crippen LogP contribution in [0.25, 0.3) is 0 Å². The van der Waals surface area contributed by atoms with E-state index in [0.29, 0.717) is 10.0 Å². The first-order chi connectivity index (χ1) is 5.13. The molecule has 0 nitrogen and oxygen atoms in total. The smallest absolute Gasteiger partial charge is 0.0825 e. The molecule has 0 amide bonds. The van der Waals surface area contributed by atoms with Gasteiger partial charge in [-0.25, -0.2) is 0 Å². The molecule has 0 aliphatic carbocycles. The summed E-state index contributed by atoms with van der Waals surface area (Å²) >= 11 is 20.7. The molecule has 0 saturated carbocycles. The molecule has 0 fully saturated rings. The van der Waals surface area contributed by atoms with Crippen molar-refractivity contribution in [2.75, 3.05) is 0 Å². The van der Waals surface area contributed by atoms with Gasteiger partial charge in [-0.05, 0) is 12.1 Å². The first-order valence-electron chi connectivity index (χ1n) is 2.73. The normalized spacial score (nSPS) is 11.4. The van der Waals surface area contributed by atoms with E-state index in [1.54, 1.807) is 6.07 Å². The minimum absolute atomic E-state index is 0.533. The molecule has 1 aromatic carbocycles. The second-order valence-electron chi connectivity index (χ2n) is 1.85. The Labute approximate surface area is 86.5 Å². The van der Waals surface area contributed by atoms with Gasteiger partial charge in [0.25, 0.3) is 5.90 Å². The van der Waals surface area contributed by atoms with Crippen LogP contribution in [0.1, 0.15) is 0 Å². The third-order valence-electron chi connectivity index (χ3n) is 1.14. The van der Waals surface area contributed by atoms with Crippen LogP contribution < -0.4 is 5.30 Å². The Bertz CT molecular complexity index is 301. The third kappa shape index (κ3) is 2.30. The quantitative estimate of drug-likeness (QED) is 0.581. The predicted molar refractivity (Wildman–Crippen MR) is 59.4 cm³/mol. The Balaban J connectivity index is 3.27. The molecular weight excluding hydrogens is 238 g/mol. The van der Waals surface area contributed by atoms with Crippen molar-refractivity contribution in [3.8, 4) is 0 Å². The van der Waals surface area contributed by atoms with E-state index in [1.807, 2.05) is 12.1 Å². The molecule has 0 spiro atoms. The highest BCUT2D eigenvalue weighted by molar-refractivity contribution is 8.58. The van der Waals surface area contributed by atoms with Gasteiger partial charge in [0.05, 0.1) is 17.3 Å². The molecule has 0 N–H and O–H groups in total. The minimum Gasteiger partial charge on any atom is -0.0825 e. The molecule has 0 radical (unpaired) electrons. The van der Waals surface area contributed by atoms with Crippen molar-refractivity contribution >= 4 is 58.5 Å². The lowest BCUT2D eigenvalue weighted by atomic mass is 10.4. The second-order valence-corrected chi connectivity index (χ2v) is 6.77. The molecule has 58 valence electrons. The summed E-state index contributed by atoms with van der Waals surface area (Å²) < 4.78 is 0. The van der Waals surface area contributed by atoms with Gasteiger partial charge in [0, 0.05) is 0 Å². The van der Waals surface area contributed by atoms with E-state index >= 15 is 0 Å². The van der Waals surface area contributed by atoms with Crippen LogP contribution >= 0.6 is 41.3 Å². The molecule has 0 saturated heterocycles. The van der Waals surface area contributed by atoms with E-state index < -0.39 is 5.90 Å². The number of benzene rings is 1. The van der Waals surface area contributed by atoms with Crippen molar-refractivity contribution in [2.45, 2.75) is 0 Å². The largest absolute Gasteiger partial charge is 0.281 e. The topological polar surface area (TPSA) is 0 Å². The van der Waals surface area contributed by atoms with Gasteiger partial charge in [0.2, 0.25) is 0 Å². The van der Waals surface area contributed by atoms with E-state index in [-0.39, 0.29) is 0 Å². The van der Waals surface area contributed by atoms with Crippen LogP contribution in [0, 0.1) is 0 Å². The summed E-state index contributed by atoms with van der Waals surface area (Å²) in [5, 5.41) is 1.92. The molecule has 11 heavy (non-hydrogen) atoms. The Hall–Kier alpha value is 0.670. The van der Waals surface area contributed by atoms with Gasteiger partial charge in [0.1, 0.15) is 5.02 Å². The van der Waals surface area contributed by atoms with Gasteiger partial charge < -0.3 is 0 Å². The van der Waals surface area contributed by atoms with Crippen molar-refractivity contribution in [2.24, 2.45) is 0 Å². The predicted octanol–water partition coefficient (Wildman–Crippen LogP) is 3.41. The van der Waals surface area contributed by atoms with Crippen LogP contribution in [0.4, 0.5) is 0 Å². The van der Waals surface area contributed by atoms with Crippen LogP contribution in [0.3, 0.4) is 0 Å². The molecular formula is C6H4Cl2PS2+. The van der Waals surface area contributed by atoms with E-state index in [1.165, 1.54) is 0 Å². The number of halogens is 2. The fourth-order valence-corrected chi connectivity index (χ4v) is 3.05. The van der Waals surface area contributed by atoms with Crippen molar-refractivity contribution < 1.29 is 0 Å². The first-order valence-corrected chi connectivity index (χ1v) is 6.99. The van der Waals surface area contributed by atoms with Crippen molar-refractivity contribution in [3.63, 3.8) is 0 Å². The molecule has 0 aliphatic heterocycles. The molecule has 1 unspecified atom stereocenters. The zero-order valence-electron chi connectivity index (χ0n) is 5.29. The minimum atomic E-state index is -0.871.